The Bertz CT molecular complexity index is 812. The molecule has 2 heterocycles. The Hall–Kier alpha value is -2.49. The summed E-state index contributed by atoms with van der Waals surface area (Å²) in [6.45, 7) is 6.42. The molecule has 1 fully saturated rings. The van der Waals surface area contributed by atoms with Gasteiger partial charge in [0.15, 0.2) is 0 Å². The third kappa shape index (κ3) is 2.64. The smallest absolute Gasteiger partial charge is 0.408 e. The number of likely N-dealkylation sites (tertiary alicyclic amines) is 1. The molecule has 0 saturated carbocycles. The highest BCUT2D eigenvalue weighted by molar-refractivity contribution is 5.69. The van der Waals surface area contributed by atoms with Crippen molar-refractivity contribution < 1.29 is 9.90 Å². The molecule has 2 aliphatic rings. The van der Waals surface area contributed by atoms with Crippen molar-refractivity contribution in [3.63, 3.8) is 0 Å². The molecule has 4 rings (SSSR count). The van der Waals surface area contributed by atoms with E-state index in [4.69, 9.17) is 0 Å². The largest absolute Gasteiger partial charge is 0.465 e. The van der Waals surface area contributed by atoms with Gasteiger partial charge in [-0.2, -0.15) is 0 Å². The molecular weight excluding hydrogens is 324 g/mol. The van der Waals surface area contributed by atoms with Crippen molar-refractivity contribution in [1.82, 2.24) is 4.90 Å². The van der Waals surface area contributed by atoms with E-state index >= 15 is 0 Å². The second kappa shape index (κ2) is 6.04. The molecule has 2 aliphatic heterocycles. The number of fused-ring (bicyclic) bond motifs is 3. The van der Waals surface area contributed by atoms with E-state index in [2.05, 4.69) is 62.5 Å². The van der Waals surface area contributed by atoms with Crippen molar-refractivity contribution in [2.24, 2.45) is 11.3 Å². The first-order valence-electron chi connectivity index (χ1n) is 9.29. The van der Waals surface area contributed by atoms with Crippen LogP contribution in [0.25, 0.3) is 0 Å². The molecule has 0 spiro atoms. The summed E-state index contributed by atoms with van der Waals surface area (Å²) in [7, 11) is 0. The number of carboxylic acid groups (broad SMARTS) is 1. The summed E-state index contributed by atoms with van der Waals surface area (Å²) in [5.74, 6) is 0.215. The molecule has 4 heteroatoms. The molecule has 1 amide bonds. The number of para-hydroxylation sites is 1. The fourth-order valence-corrected chi connectivity index (χ4v) is 4.77. The highest BCUT2D eigenvalue weighted by Gasteiger charge is 2.53. The van der Waals surface area contributed by atoms with E-state index < -0.39 is 6.09 Å². The second-order valence-corrected chi connectivity index (χ2v) is 8.54. The molecule has 2 aromatic carbocycles. The molecule has 0 aliphatic carbocycles. The van der Waals surface area contributed by atoms with Crippen LogP contribution in [0.4, 0.5) is 10.5 Å². The van der Waals surface area contributed by atoms with Crippen LogP contribution in [0.1, 0.15) is 50.4 Å². The van der Waals surface area contributed by atoms with Crippen LogP contribution >= 0.6 is 0 Å². The van der Waals surface area contributed by atoms with Gasteiger partial charge in [0.2, 0.25) is 0 Å². The lowest BCUT2D eigenvalue weighted by Crippen LogP contribution is -2.44. The third-order valence-electron chi connectivity index (χ3n) is 5.93. The number of carbonyl (C=O) groups is 1. The second-order valence-electron chi connectivity index (χ2n) is 8.54. The van der Waals surface area contributed by atoms with Gasteiger partial charge in [0, 0.05) is 17.6 Å². The van der Waals surface area contributed by atoms with Gasteiger partial charge in [0.25, 0.3) is 0 Å². The SMILES string of the molecule is CC(C)(C)C1C[C@@H]2[C@@H](c3ccccc3)Nc3ccccc3[C@@H]2N1C(=O)O. The van der Waals surface area contributed by atoms with Crippen molar-refractivity contribution in [2.45, 2.75) is 45.3 Å². The van der Waals surface area contributed by atoms with Crippen LogP contribution in [0.5, 0.6) is 0 Å². The van der Waals surface area contributed by atoms with Gasteiger partial charge in [-0.3, -0.25) is 4.90 Å². The minimum Gasteiger partial charge on any atom is -0.465 e. The van der Waals surface area contributed by atoms with E-state index in [1.165, 1.54) is 5.56 Å². The normalized spacial score (nSPS) is 27.4. The van der Waals surface area contributed by atoms with Crippen LogP contribution in [-0.2, 0) is 0 Å². The summed E-state index contributed by atoms with van der Waals surface area (Å²) in [4.78, 5) is 14.0. The number of hydrogen-bond acceptors (Lipinski definition) is 2. The van der Waals surface area contributed by atoms with E-state index in [1.807, 2.05) is 18.2 Å². The van der Waals surface area contributed by atoms with E-state index in [9.17, 15) is 9.90 Å². The molecule has 0 bridgehead atoms. The quantitative estimate of drug-likeness (QED) is 0.733. The monoisotopic (exact) mass is 350 g/mol. The average molecular weight is 350 g/mol. The highest BCUT2D eigenvalue weighted by Crippen LogP contribution is 2.55. The Labute approximate surface area is 154 Å². The molecule has 0 radical (unpaired) electrons. The molecule has 26 heavy (non-hydrogen) atoms. The molecule has 4 nitrogen and oxygen atoms in total. The molecule has 136 valence electrons. The fraction of sp³-hybridized carbons (Fsp3) is 0.409. The van der Waals surface area contributed by atoms with E-state index in [0.717, 1.165) is 17.7 Å². The number of anilines is 1. The average Bonchev–Trinajstić information content (AvgIpc) is 3.03. The molecule has 1 saturated heterocycles. The minimum absolute atomic E-state index is 0.00540. The van der Waals surface area contributed by atoms with E-state index in [-0.39, 0.29) is 29.5 Å². The maximum Gasteiger partial charge on any atom is 0.408 e. The zero-order valence-electron chi connectivity index (χ0n) is 15.5. The zero-order chi connectivity index (χ0) is 18.5. The van der Waals surface area contributed by atoms with Gasteiger partial charge in [0.05, 0.1) is 12.1 Å². The number of amides is 1. The maximum atomic E-state index is 12.3. The maximum absolute atomic E-state index is 12.3. The topological polar surface area (TPSA) is 52.6 Å². The van der Waals surface area contributed by atoms with Crippen molar-refractivity contribution in [2.75, 3.05) is 5.32 Å². The molecule has 1 unspecified atom stereocenters. The number of hydrogen-bond donors (Lipinski definition) is 2. The molecule has 2 N–H and O–H groups in total. The van der Waals surface area contributed by atoms with Crippen molar-refractivity contribution >= 4 is 11.8 Å². The van der Waals surface area contributed by atoms with E-state index in [1.54, 1.807) is 4.90 Å². The Kier molecular flexibility index (Phi) is 3.94. The van der Waals surface area contributed by atoms with E-state index in [0.29, 0.717) is 0 Å². The van der Waals surface area contributed by atoms with Crippen LogP contribution in [0.15, 0.2) is 54.6 Å². The molecule has 2 aromatic rings. The van der Waals surface area contributed by atoms with Crippen molar-refractivity contribution in [3.8, 4) is 0 Å². The summed E-state index contributed by atoms with van der Waals surface area (Å²) in [6, 6.07) is 18.5. The highest BCUT2D eigenvalue weighted by atomic mass is 16.4. The van der Waals surface area contributed by atoms with Gasteiger partial charge in [-0.05, 0) is 29.0 Å². The first-order valence-corrected chi connectivity index (χ1v) is 9.29. The van der Waals surface area contributed by atoms with Gasteiger partial charge >= 0.3 is 6.09 Å². The molecule has 0 aromatic heterocycles. The van der Waals surface area contributed by atoms with Crippen LogP contribution < -0.4 is 5.32 Å². The summed E-state index contributed by atoms with van der Waals surface area (Å²) in [6.07, 6.45) is 0.0439. The summed E-state index contributed by atoms with van der Waals surface area (Å²) < 4.78 is 0. The standard InChI is InChI=1S/C22H26N2O2/c1-22(2,3)18-13-16-19(14-9-5-4-6-10-14)23-17-12-8-7-11-15(17)20(16)24(18)21(25)26/h4-12,16,18-20,23H,13H2,1-3H3,(H,25,26)/t16-,18?,19-,20+/m1/s1. The zero-order valence-corrected chi connectivity index (χ0v) is 15.5. The fourth-order valence-electron chi connectivity index (χ4n) is 4.77. The van der Waals surface area contributed by atoms with Crippen LogP contribution in [0.2, 0.25) is 0 Å². The number of rotatable bonds is 1. The van der Waals surface area contributed by atoms with Crippen molar-refractivity contribution in [1.29, 1.82) is 0 Å². The predicted molar refractivity (Wildman–Crippen MR) is 103 cm³/mol. The van der Waals surface area contributed by atoms with Gasteiger partial charge in [-0.1, -0.05) is 69.3 Å². The van der Waals surface area contributed by atoms with Gasteiger partial charge in [0.1, 0.15) is 0 Å². The Balaban J connectivity index is 1.86. The molecule has 4 atom stereocenters. The summed E-state index contributed by atoms with van der Waals surface area (Å²) in [5.41, 5.74) is 3.26. The number of benzene rings is 2. The third-order valence-corrected chi connectivity index (χ3v) is 5.93. The summed E-state index contributed by atoms with van der Waals surface area (Å²) >= 11 is 0. The van der Waals surface area contributed by atoms with Crippen molar-refractivity contribution in [3.05, 3.63) is 65.7 Å². The summed E-state index contributed by atoms with van der Waals surface area (Å²) in [5, 5.41) is 13.8. The number of nitrogens with zero attached hydrogens (tertiary/aromatic N) is 1. The first kappa shape index (κ1) is 17.0. The predicted octanol–water partition coefficient (Wildman–Crippen LogP) is 5.31. The van der Waals surface area contributed by atoms with Gasteiger partial charge in [-0.25, -0.2) is 4.79 Å². The van der Waals surface area contributed by atoms with Crippen LogP contribution in [0, 0.1) is 11.3 Å². The minimum atomic E-state index is -0.819. The Morgan fingerprint density at radius 1 is 1.08 bits per heavy atom. The Morgan fingerprint density at radius 2 is 1.73 bits per heavy atom. The van der Waals surface area contributed by atoms with Crippen LogP contribution in [-0.4, -0.2) is 22.1 Å². The molecular formula is C22H26N2O2. The van der Waals surface area contributed by atoms with Gasteiger partial charge < -0.3 is 10.4 Å². The lowest BCUT2D eigenvalue weighted by atomic mass is 9.77. The lowest BCUT2D eigenvalue weighted by Gasteiger charge is -2.40. The Morgan fingerprint density at radius 3 is 2.38 bits per heavy atom. The number of nitrogens with one attached hydrogen (secondary N) is 1. The lowest BCUT2D eigenvalue weighted by molar-refractivity contribution is 0.0835. The van der Waals surface area contributed by atoms with Gasteiger partial charge in [-0.15, -0.1) is 0 Å². The van der Waals surface area contributed by atoms with Crippen LogP contribution in [0.3, 0.4) is 0 Å². The first-order chi connectivity index (χ1) is 12.4.